The van der Waals surface area contributed by atoms with Gasteiger partial charge in [-0.15, -0.1) is 11.3 Å². The van der Waals surface area contributed by atoms with Crippen molar-refractivity contribution >= 4 is 44.7 Å². The highest BCUT2D eigenvalue weighted by molar-refractivity contribution is 7.18. The van der Waals surface area contributed by atoms with Gasteiger partial charge in [0.25, 0.3) is 0 Å². The predicted molar refractivity (Wildman–Crippen MR) is 128 cm³/mol. The Morgan fingerprint density at radius 2 is 1.81 bits per heavy atom. The van der Waals surface area contributed by atoms with Crippen LogP contribution in [0.4, 0.5) is 5.69 Å². The highest BCUT2D eigenvalue weighted by atomic mass is 35.5. The Morgan fingerprint density at radius 1 is 1.12 bits per heavy atom. The van der Waals surface area contributed by atoms with Crippen LogP contribution in [0.15, 0.2) is 30.3 Å². The first kappa shape index (κ1) is 22.6. The van der Waals surface area contributed by atoms with Crippen LogP contribution in [0.25, 0.3) is 10.2 Å². The molecule has 0 saturated carbocycles. The highest BCUT2D eigenvalue weighted by Crippen LogP contribution is 2.40. The number of hydrogen-bond acceptors (Lipinski definition) is 7. The number of nitrogens with zero attached hydrogens (tertiary/aromatic N) is 2. The molecule has 3 aromatic rings. The number of ether oxygens (including phenoxy) is 3. The van der Waals surface area contributed by atoms with Crippen LogP contribution in [0.1, 0.15) is 23.8 Å². The Bertz CT molecular complexity index is 1090. The van der Waals surface area contributed by atoms with Crippen molar-refractivity contribution in [3.8, 4) is 17.2 Å². The lowest BCUT2D eigenvalue weighted by Crippen LogP contribution is -2.38. The molecule has 9 heteroatoms. The number of hydrogen-bond donors (Lipinski definition) is 1. The summed E-state index contributed by atoms with van der Waals surface area (Å²) in [5.41, 5.74) is 1.57. The molecule has 4 rings (SSSR count). The maximum atomic E-state index is 12.6. The Labute approximate surface area is 196 Å². The lowest BCUT2D eigenvalue weighted by molar-refractivity contribution is -0.117. The Balaban J connectivity index is 1.34. The molecular weight excluding hydrogens is 450 g/mol. The molecule has 0 unspecified atom stereocenters. The van der Waals surface area contributed by atoms with E-state index in [2.05, 4.69) is 10.2 Å². The van der Waals surface area contributed by atoms with E-state index in [1.54, 1.807) is 44.8 Å². The summed E-state index contributed by atoms with van der Waals surface area (Å²) in [7, 11) is 4.64. The third kappa shape index (κ3) is 4.92. The lowest BCUT2D eigenvalue weighted by atomic mass is 9.97. The maximum Gasteiger partial charge on any atom is 0.238 e. The molecule has 1 aromatic heterocycles. The van der Waals surface area contributed by atoms with Crippen LogP contribution >= 0.6 is 22.9 Å². The van der Waals surface area contributed by atoms with Crippen LogP contribution in [0, 0.1) is 0 Å². The second kappa shape index (κ2) is 9.94. The second-order valence-electron chi connectivity index (χ2n) is 7.68. The van der Waals surface area contributed by atoms with E-state index in [-0.39, 0.29) is 5.91 Å². The van der Waals surface area contributed by atoms with Gasteiger partial charge in [0, 0.05) is 28.8 Å². The van der Waals surface area contributed by atoms with Crippen LogP contribution in [-0.2, 0) is 4.79 Å². The molecule has 7 nitrogen and oxygen atoms in total. The van der Waals surface area contributed by atoms with Crippen molar-refractivity contribution in [2.24, 2.45) is 0 Å². The Hall–Kier alpha value is -2.55. The molecular formula is C23H26ClN3O4S. The van der Waals surface area contributed by atoms with E-state index in [4.69, 9.17) is 30.8 Å². The number of piperidine rings is 1. The van der Waals surface area contributed by atoms with Gasteiger partial charge >= 0.3 is 0 Å². The number of rotatable bonds is 7. The zero-order valence-electron chi connectivity index (χ0n) is 18.3. The van der Waals surface area contributed by atoms with E-state index in [9.17, 15) is 4.79 Å². The zero-order valence-corrected chi connectivity index (χ0v) is 19.9. The summed E-state index contributed by atoms with van der Waals surface area (Å²) < 4.78 is 17.2. The van der Waals surface area contributed by atoms with Crippen molar-refractivity contribution in [2.45, 2.75) is 18.8 Å². The summed E-state index contributed by atoms with van der Waals surface area (Å²) in [6.07, 6.45) is 1.95. The largest absolute Gasteiger partial charge is 0.493 e. The van der Waals surface area contributed by atoms with Gasteiger partial charge in [-0.25, -0.2) is 4.98 Å². The average Bonchev–Trinajstić information content (AvgIpc) is 3.21. The highest BCUT2D eigenvalue weighted by Gasteiger charge is 2.25. The summed E-state index contributed by atoms with van der Waals surface area (Å²) in [5, 5.41) is 4.80. The van der Waals surface area contributed by atoms with Gasteiger partial charge < -0.3 is 19.5 Å². The number of carbonyl (C=O) groups excluding carboxylic acids is 1. The molecule has 0 atom stereocenters. The topological polar surface area (TPSA) is 72.9 Å². The number of methoxy groups -OCH3 is 3. The molecule has 1 aliphatic rings. The molecule has 170 valence electrons. The number of fused-ring (bicyclic) bond motifs is 1. The summed E-state index contributed by atoms with van der Waals surface area (Å²) in [4.78, 5) is 19.6. The van der Waals surface area contributed by atoms with Crippen molar-refractivity contribution in [1.82, 2.24) is 9.88 Å². The van der Waals surface area contributed by atoms with Crippen molar-refractivity contribution in [1.29, 1.82) is 0 Å². The summed E-state index contributed by atoms with van der Waals surface area (Å²) >= 11 is 7.83. The number of anilines is 1. The minimum absolute atomic E-state index is 0.0765. The minimum atomic E-state index is -0.0765. The van der Waals surface area contributed by atoms with Gasteiger partial charge in [0.1, 0.15) is 0 Å². The number of amides is 1. The maximum absolute atomic E-state index is 12.6. The second-order valence-corrected chi connectivity index (χ2v) is 9.18. The SMILES string of the molecule is COc1cc(NC(=O)CN2CCC(c3nc4cc(Cl)ccc4s3)CC2)cc(OC)c1OC. The molecule has 1 amide bonds. The number of carbonyl (C=O) groups is 1. The molecule has 1 aliphatic heterocycles. The molecule has 0 aliphatic carbocycles. The standard InChI is InChI=1S/C23H26ClN3O4S/c1-29-18-11-16(12-19(30-2)22(18)31-3)25-21(28)13-27-8-6-14(7-9-27)23-26-17-10-15(24)4-5-20(17)32-23/h4-5,10-12,14H,6-9,13H2,1-3H3,(H,25,28). The van der Waals surface area contributed by atoms with E-state index in [1.165, 1.54) is 0 Å². The zero-order chi connectivity index (χ0) is 22.7. The van der Waals surface area contributed by atoms with Crippen LogP contribution in [-0.4, -0.2) is 56.8 Å². The Morgan fingerprint density at radius 3 is 2.44 bits per heavy atom. The quantitative estimate of drug-likeness (QED) is 0.529. The Kier molecular flexibility index (Phi) is 7.03. The van der Waals surface area contributed by atoms with Crippen LogP contribution < -0.4 is 19.5 Å². The van der Waals surface area contributed by atoms with E-state index in [0.717, 1.165) is 41.2 Å². The fourth-order valence-corrected chi connectivity index (χ4v) is 5.27. The van der Waals surface area contributed by atoms with Crippen molar-refractivity contribution in [2.75, 3.05) is 46.3 Å². The molecule has 32 heavy (non-hydrogen) atoms. The van der Waals surface area contributed by atoms with Crippen LogP contribution in [0.3, 0.4) is 0 Å². The minimum Gasteiger partial charge on any atom is -0.493 e. The molecule has 1 fully saturated rings. The molecule has 2 heterocycles. The number of nitrogens with one attached hydrogen (secondary N) is 1. The van der Waals surface area contributed by atoms with E-state index in [1.807, 2.05) is 18.2 Å². The van der Waals surface area contributed by atoms with Crippen molar-refractivity contribution < 1.29 is 19.0 Å². The predicted octanol–water partition coefficient (Wildman–Crippen LogP) is 4.79. The van der Waals surface area contributed by atoms with Gasteiger partial charge in [0.2, 0.25) is 11.7 Å². The fraction of sp³-hybridized carbons (Fsp3) is 0.391. The van der Waals surface area contributed by atoms with Gasteiger partial charge in [-0.1, -0.05) is 11.6 Å². The smallest absolute Gasteiger partial charge is 0.238 e. The summed E-state index contributed by atoms with van der Waals surface area (Å²) in [6, 6.07) is 9.30. The van der Waals surface area contributed by atoms with Crippen LogP contribution in [0.2, 0.25) is 5.02 Å². The molecule has 0 spiro atoms. The van der Waals surface area contributed by atoms with Gasteiger partial charge in [0.15, 0.2) is 11.5 Å². The first-order valence-electron chi connectivity index (χ1n) is 10.4. The van der Waals surface area contributed by atoms with E-state index >= 15 is 0 Å². The first-order chi connectivity index (χ1) is 15.5. The number of aromatic nitrogens is 1. The first-order valence-corrected chi connectivity index (χ1v) is 11.6. The number of thiazole rings is 1. The molecule has 1 saturated heterocycles. The van der Waals surface area contributed by atoms with Gasteiger partial charge in [-0.3, -0.25) is 9.69 Å². The molecule has 0 radical (unpaired) electrons. The number of benzene rings is 2. The third-order valence-corrected chi connectivity index (χ3v) is 7.05. The summed E-state index contributed by atoms with van der Waals surface area (Å²) in [5.74, 6) is 1.83. The van der Waals surface area contributed by atoms with Gasteiger partial charge in [-0.2, -0.15) is 0 Å². The molecule has 1 N–H and O–H groups in total. The number of halogens is 1. The number of likely N-dealkylation sites (tertiary alicyclic amines) is 1. The van der Waals surface area contributed by atoms with Gasteiger partial charge in [-0.05, 0) is 44.1 Å². The van der Waals surface area contributed by atoms with Gasteiger partial charge in [0.05, 0.1) is 43.1 Å². The van der Waals surface area contributed by atoms with E-state index < -0.39 is 0 Å². The van der Waals surface area contributed by atoms with Crippen LogP contribution in [0.5, 0.6) is 17.2 Å². The fourth-order valence-electron chi connectivity index (χ4n) is 3.99. The monoisotopic (exact) mass is 475 g/mol. The van der Waals surface area contributed by atoms with Crippen molar-refractivity contribution in [3.05, 3.63) is 40.4 Å². The third-order valence-electron chi connectivity index (χ3n) is 5.62. The molecule has 2 aromatic carbocycles. The average molecular weight is 476 g/mol. The lowest BCUT2D eigenvalue weighted by Gasteiger charge is -2.30. The normalized spacial score (nSPS) is 15.0. The summed E-state index contributed by atoms with van der Waals surface area (Å²) in [6.45, 7) is 2.03. The van der Waals surface area contributed by atoms with E-state index in [0.29, 0.717) is 40.4 Å². The molecule has 0 bridgehead atoms. The van der Waals surface area contributed by atoms with Crippen molar-refractivity contribution in [3.63, 3.8) is 0 Å².